The third kappa shape index (κ3) is 5.20. The predicted octanol–water partition coefficient (Wildman–Crippen LogP) is 6.43. The highest BCUT2D eigenvalue weighted by Crippen LogP contribution is 2.38. The van der Waals surface area contributed by atoms with E-state index in [2.05, 4.69) is 10.1 Å². The Morgan fingerprint density at radius 1 is 1.13 bits per heavy atom. The number of hydrogen-bond acceptors (Lipinski definition) is 6. The van der Waals surface area contributed by atoms with Crippen molar-refractivity contribution in [2.45, 2.75) is 20.5 Å². The molecule has 0 fully saturated rings. The molecule has 10 heteroatoms. The van der Waals surface area contributed by atoms with Crippen molar-refractivity contribution < 1.29 is 18.7 Å². The number of thioether (sulfide) groups is 1. The number of nitrogens with one attached hydrogen (secondary N) is 1. The van der Waals surface area contributed by atoms with E-state index in [1.165, 1.54) is 28.9 Å². The maximum atomic E-state index is 14.0. The molecule has 0 saturated carbocycles. The number of benzene rings is 3. The van der Waals surface area contributed by atoms with E-state index in [-0.39, 0.29) is 34.6 Å². The monoisotopic (exact) mass is 548 g/mol. The number of halogens is 2. The highest BCUT2D eigenvalue weighted by molar-refractivity contribution is 8.27. The van der Waals surface area contributed by atoms with Crippen LogP contribution in [0.5, 0.6) is 11.5 Å². The lowest BCUT2D eigenvalue weighted by Gasteiger charge is -2.20. The van der Waals surface area contributed by atoms with Crippen LogP contribution in [0.4, 0.5) is 4.39 Å². The summed E-state index contributed by atoms with van der Waals surface area (Å²) in [7, 11) is 0. The number of fused-ring (bicyclic) bond motifs is 1. The van der Waals surface area contributed by atoms with Gasteiger partial charge in [-0.25, -0.2) is 4.39 Å². The molecule has 38 heavy (non-hydrogen) atoms. The van der Waals surface area contributed by atoms with E-state index in [0.717, 1.165) is 11.1 Å². The Hall–Kier alpha value is -3.95. The fraction of sp³-hybridized carbons (Fsp3) is 0.143. The van der Waals surface area contributed by atoms with E-state index in [1.54, 1.807) is 30.3 Å². The van der Waals surface area contributed by atoms with Gasteiger partial charge in [-0.1, -0.05) is 59.6 Å². The summed E-state index contributed by atoms with van der Waals surface area (Å²) < 4.78 is 25.6. The number of ether oxygens (including phenoxy) is 2. The average molecular weight is 549 g/mol. The molecule has 0 spiro atoms. The van der Waals surface area contributed by atoms with E-state index < -0.39 is 5.91 Å². The van der Waals surface area contributed by atoms with Crippen LogP contribution in [0.15, 0.2) is 76.3 Å². The van der Waals surface area contributed by atoms with Crippen molar-refractivity contribution >= 4 is 51.4 Å². The Bertz CT molecular complexity index is 1540. The summed E-state index contributed by atoms with van der Waals surface area (Å²) in [5.74, 6) is -0.441. The van der Waals surface area contributed by atoms with Gasteiger partial charge < -0.3 is 9.47 Å². The van der Waals surface area contributed by atoms with Crippen LogP contribution in [0.25, 0.3) is 6.08 Å². The molecule has 0 aliphatic carbocycles. The number of hydrogen-bond donors (Lipinski definition) is 1. The lowest BCUT2D eigenvalue weighted by atomic mass is 10.1. The molecule has 1 amide bonds. The zero-order chi connectivity index (χ0) is 26.8. The number of aliphatic imine (C=N–C) groups is 1. The van der Waals surface area contributed by atoms with Gasteiger partial charge in [0, 0.05) is 11.1 Å². The van der Waals surface area contributed by atoms with Gasteiger partial charge in [0.2, 0.25) is 5.17 Å². The first-order valence-electron chi connectivity index (χ1n) is 11.7. The lowest BCUT2D eigenvalue weighted by Crippen LogP contribution is -2.35. The summed E-state index contributed by atoms with van der Waals surface area (Å²) in [4.78, 5) is 17.0. The highest BCUT2D eigenvalue weighted by atomic mass is 35.5. The maximum absolute atomic E-state index is 14.0. The third-order valence-corrected chi connectivity index (χ3v) is 6.96. The number of hydrazone groups is 1. The van der Waals surface area contributed by atoms with Gasteiger partial charge in [-0.15, -0.1) is 0 Å². The van der Waals surface area contributed by atoms with Gasteiger partial charge >= 0.3 is 0 Å². The van der Waals surface area contributed by atoms with Crippen LogP contribution < -0.4 is 9.47 Å². The summed E-state index contributed by atoms with van der Waals surface area (Å²) in [6.07, 6.45) is 1.52. The van der Waals surface area contributed by atoms with Crippen molar-refractivity contribution in [1.29, 1.82) is 5.41 Å². The van der Waals surface area contributed by atoms with Crippen LogP contribution in [0.3, 0.4) is 0 Å². The van der Waals surface area contributed by atoms with Crippen LogP contribution in [0.1, 0.15) is 29.2 Å². The molecule has 7 nitrogen and oxygen atoms in total. The van der Waals surface area contributed by atoms with Gasteiger partial charge in [0.1, 0.15) is 17.5 Å². The molecule has 3 aromatic rings. The quantitative estimate of drug-likeness (QED) is 0.344. The first-order chi connectivity index (χ1) is 18.3. The maximum Gasteiger partial charge on any atom is 0.283 e. The van der Waals surface area contributed by atoms with Gasteiger partial charge in [-0.3, -0.25) is 10.2 Å². The van der Waals surface area contributed by atoms with E-state index in [9.17, 15) is 9.18 Å². The van der Waals surface area contributed by atoms with Crippen LogP contribution in [-0.4, -0.2) is 33.6 Å². The standard InChI is InChI=1S/C28H22ClFN4O3S/c1-3-36-23-14-17(13-21(29)24(23)37-15-19-6-4-5-7-22(19)30)12-20-25(31)34-28(32-26(20)35)38-27(33-34)18-10-8-16(2)9-11-18/h4-14,31H,3,15H2,1-2H3. The number of carbonyl (C=O) groups excluding carboxylic acids is 1. The molecule has 0 saturated heterocycles. The number of amides is 1. The highest BCUT2D eigenvalue weighted by Gasteiger charge is 2.36. The molecule has 192 valence electrons. The predicted molar refractivity (Wildman–Crippen MR) is 149 cm³/mol. The minimum Gasteiger partial charge on any atom is -0.490 e. The van der Waals surface area contributed by atoms with Crippen LogP contribution in [0, 0.1) is 18.2 Å². The summed E-state index contributed by atoms with van der Waals surface area (Å²) in [5.41, 5.74) is 2.94. The van der Waals surface area contributed by atoms with Crippen LogP contribution >= 0.6 is 23.4 Å². The van der Waals surface area contributed by atoms with E-state index in [4.69, 9.17) is 26.5 Å². The van der Waals surface area contributed by atoms with Crippen molar-refractivity contribution in [3.05, 3.63) is 99.3 Å². The first-order valence-corrected chi connectivity index (χ1v) is 12.9. The molecule has 0 bridgehead atoms. The van der Waals surface area contributed by atoms with Gasteiger partial charge in [0.05, 0.1) is 17.2 Å². The number of rotatable bonds is 7. The smallest absolute Gasteiger partial charge is 0.283 e. The molecular formula is C28H22ClFN4O3S. The van der Waals surface area contributed by atoms with Gasteiger partial charge in [-0.2, -0.15) is 15.1 Å². The van der Waals surface area contributed by atoms with Crippen molar-refractivity contribution in [1.82, 2.24) is 5.01 Å². The van der Waals surface area contributed by atoms with Gasteiger partial charge in [0.25, 0.3) is 5.91 Å². The first kappa shape index (κ1) is 25.7. The van der Waals surface area contributed by atoms with E-state index in [0.29, 0.717) is 33.7 Å². The fourth-order valence-electron chi connectivity index (χ4n) is 3.81. The second-order valence-electron chi connectivity index (χ2n) is 8.43. The van der Waals surface area contributed by atoms with Crippen molar-refractivity contribution in [2.24, 2.45) is 10.1 Å². The van der Waals surface area contributed by atoms with E-state index in [1.807, 2.05) is 38.1 Å². The third-order valence-electron chi connectivity index (χ3n) is 5.73. The Labute approximate surface area is 228 Å². The Balaban J connectivity index is 1.43. The molecule has 2 aliphatic heterocycles. The largest absolute Gasteiger partial charge is 0.490 e. The van der Waals surface area contributed by atoms with Crippen molar-refractivity contribution in [3.63, 3.8) is 0 Å². The summed E-state index contributed by atoms with van der Waals surface area (Å²) >= 11 is 7.76. The van der Waals surface area contributed by atoms with Crippen molar-refractivity contribution in [2.75, 3.05) is 6.61 Å². The summed E-state index contributed by atoms with van der Waals surface area (Å²) in [5, 5.41) is 15.7. The molecular weight excluding hydrogens is 527 g/mol. The Kier molecular flexibility index (Phi) is 7.31. The molecule has 2 aliphatic rings. The van der Waals surface area contributed by atoms with E-state index >= 15 is 0 Å². The second kappa shape index (κ2) is 10.8. The molecule has 0 atom stereocenters. The minimum atomic E-state index is -0.553. The molecule has 5 rings (SSSR count). The van der Waals surface area contributed by atoms with Crippen LogP contribution in [-0.2, 0) is 11.4 Å². The molecule has 0 unspecified atom stereocenters. The lowest BCUT2D eigenvalue weighted by molar-refractivity contribution is -0.114. The molecule has 3 aromatic carbocycles. The zero-order valence-corrected chi connectivity index (χ0v) is 22.1. The van der Waals surface area contributed by atoms with Crippen LogP contribution in [0.2, 0.25) is 5.02 Å². The number of aryl methyl sites for hydroxylation is 1. The normalized spacial score (nSPS) is 15.9. The minimum absolute atomic E-state index is 0.0402. The molecule has 0 aromatic heterocycles. The molecule has 1 N–H and O–H groups in total. The molecule has 2 heterocycles. The fourth-order valence-corrected chi connectivity index (χ4v) is 4.98. The summed E-state index contributed by atoms with van der Waals surface area (Å²) in [6.45, 7) is 4.10. The average Bonchev–Trinajstić information content (AvgIpc) is 3.32. The van der Waals surface area contributed by atoms with Gasteiger partial charge in [0.15, 0.2) is 17.3 Å². The number of nitrogens with zero attached hydrogens (tertiary/aromatic N) is 3. The molecule has 0 radical (unpaired) electrons. The zero-order valence-electron chi connectivity index (χ0n) is 20.5. The Morgan fingerprint density at radius 3 is 2.63 bits per heavy atom. The second-order valence-corrected chi connectivity index (χ2v) is 9.80. The topological polar surface area (TPSA) is 87.3 Å². The van der Waals surface area contributed by atoms with Gasteiger partial charge in [-0.05, 0) is 55.4 Å². The summed E-state index contributed by atoms with van der Waals surface area (Å²) in [6, 6.07) is 17.4. The SMILES string of the molecule is CCOc1cc(C=C2C(=N)N3N=C(c4ccc(C)cc4)SC3=NC2=O)cc(Cl)c1OCc1ccccc1F. The van der Waals surface area contributed by atoms with Crippen molar-refractivity contribution in [3.8, 4) is 11.5 Å². The number of carbonyl (C=O) groups is 1. The Morgan fingerprint density at radius 2 is 1.89 bits per heavy atom. The number of amidine groups is 2.